The van der Waals surface area contributed by atoms with Crippen LogP contribution in [0.1, 0.15) is 17.4 Å². The molecule has 1 heterocycles. The third-order valence-corrected chi connectivity index (χ3v) is 2.14. The number of hydrazine groups is 1. The fourth-order valence-electron chi connectivity index (χ4n) is 1.43. The molecule has 4 heteroatoms. The quantitative estimate of drug-likeness (QED) is 0.573. The van der Waals surface area contributed by atoms with Crippen LogP contribution < -0.4 is 11.3 Å². The molecule has 0 bridgehead atoms. The normalized spacial score (nSPS) is 12.3. The number of nitrogens with two attached hydrogens (primary N) is 1. The van der Waals surface area contributed by atoms with Gasteiger partial charge in [-0.25, -0.2) is 15.4 Å². The Morgan fingerprint density at radius 2 is 1.67 bits per heavy atom. The third-order valence-electron chi connectivity index (χ3n) is 2.14. The summed E-state index contributed by atoms with van der Waals surface area (Å²) in [6.07, 6.45) is 3.41. The predicted octanol–water partition coefficient (Wildman–Crippen LogP) is 1.03. The fraction of sp³-hybridized carbons (Fsp3) is 0.0909. The van der Waals surface area contributed by atoms with Crippen molar-refractivity contribution in [2.24, 2.45) is 5.84 Å². The molecular formula is C11H12N4. The van der Waals surface area contributed by atoms with Gasteiger partial charge in [0.25, 0.3) is 0 Å². The van der Waals surface area contributed by atoms with Crippen molar-refractivity contribution in [3.05, 3.63) is 60.2 Å². The summed E-state index contributed by atoms with van der Waals surface area (Å²) in [5, 5.41) is 0. The molecule has 0 aliphatic carbocycles. The number of nitrogens with one attached hydrogen (secondary N) is 1. The first-order valence-corrected chi connectivity index (χ1v) is 4.70. The minimum atomic E-state index is -0.160. The highest BCUT2D eigenvalue weighted by Gasteiger charge is 2.13. The Hall–Kier alpha value is -1.78. The van der Waals surface area contributed by atoms with Crippen LogP contribution in [0, 0.1) is 0 Å². The van der Waals surface area contributed by atoms with Crippen LogP contribution in [0.25, 0.3) is 0 Å². The van der Waals surface area contributed by atoms with Gasteiger partial charge in [0.05, 0.1) is 0 Å². The second-order valence-corrected chi connectivity index (χ2v) is 3.12. The Labute approximate surface area is 88.2 Å². The van der Waals surface area contributed by atoms with Crippen molar-refractivity contribution in [1.82, 2.24) is 15.4 Å². The molecule has 76 valence electrons. The molecule has 2 rings (SSSR count). The van der Waals surface area contributed by atoms with Crippen molar-refractivity contribution in [2.45, 2.75) is 6.04 Å². The van der Waals surface area contributed by atoms with Crippen molar-refractivity contribution < 1.29 is 0 Å². The standard InChI is InChI=1S/C11H12N4/c12-15-10(9-5-2-1-3-6-9)11-13-7-4-8-14-11/h1-8,10,15H,12H2. The average Bonchev–Trinajstić information content (AvgIpc) is 2.33. The molecule has 0 saturated carbocycles. The lowest BCUT2D eigenvalue weighted by atomic mass is 10.1. The number of hydrogen-bond acceptors (Lipinski definition) is 4. The van der Waals surface area contributed by atoms with E-state index in [0.29, 0.717) is 5.82 Å². The van der Waals surface area contributed by atoms with Crippen molar-refractivity contribution in [3.63, 3.8) is 0 Å². The zero-order chi connectivity index (χ0) is 10.5. The van der Waals surface area contributed by atoms with E-state index in [1.165, 1.54) is 0 Å². The van der Waals surface area contributed by atoms with Crippen LogP contribution in [0.4, 0.5) is 0 Å². The smallest absolute Gasteiger partial charge is 0.150 e. The van der Waals surface area contributed by atoms with Gasteiger partial charge >= 0.3 is 0 Å². The first kappa shape index (κ1) is 9.76. The molecule has 3 N–H and O–H groups in total. The van der Waals surface area contributed by atoms with E-state index < -0.39 is 0 Å². The molecule has 0 aliphatic rings. The maximum atomic E-state index is 5.51. The molecule has 0 aliphatic heterocycles. The van der Waals surface area contributed by atoms with Crippen LogP contribution in [0.15, 0.2) is 48.8 Å². The largest absolute Gasteiger partial charge is 0.270 e. The summed E-state index contributed by atoms with van der Waals surface area (Å²) in [6.45, 7) is 0. The van der Waals surface area contributed by atoms with Crippen LogP contribution in [0.3, 0.4) is 0 Å². The highest BCUT2D eigenvalue weighted by atomic mass is 15.2. The van der Waals surface area contributed by atoms with E-state index in [-0.39, 0.29) is 6.04 Å². The molecule has 0 radical (unpaired) electrons. The van der Waals surface area contributed by atoms with Crippen LogP contribution in [-0.4, -0.2) is 9.97 Å². The number of hydrogen-bond donors (Lipinski definition) is 2. The molecule has 0 amide bonds. The van der Waals surface area contributed by atoms with Crippen molar-refractivity contribution in [1.29, 1.82) is 0 Å². The zero-order valence-electron chi connectivity index (χ0n) is 8.17. The van der Waals surface area contributed by atoms with E-state index in [4.69, 9.17) is 5.84 Å². The Kier molecular flexibility index (Phi) is 3.02. The summed E-state index contributed by atoms with van der Waals surface area (Å²) in [7, 11) is 0. The SMILES string of the molecule is NNC(c1ccccc1)c1ncccn1. The number of benzene rings is 1. The highest BCUT2D eigenvalue weighted by molar-refractivity contribution is 5.24. The number of rotatable bonds is 3. The Morgan fingerprint density at radius 3 is 2.27 bits per heavy atom. The molecule has 15 heavy (non-hydrogen) atoms. The van der Waals surface area contributed by atoms with E-state index in [1.54, 1.807) is 18.5 Å². The molecule has 2 aromatic rings. The van der Waals surface area contributed by atoms with Crippen LogP contribution in [0.5, 0.6) is 0 Å². The van der Waals surface area contributed by atoms with Crippen molar-refractivity contribution in [3.8, 4) is 0 Å². The monoisotopic (exact) mass is 200 g/mol. The van der Waals surface area contributed by atoms with Gasteiger partial charge in [-0.15, -0.1) is 0 Å². The molecule has 1 atom stereocenters. The summed E-state index contributed by atoms with van der Waals surface area (Å²) >= 11 is 0. The predicted molar refractivity (Wildman–Crippen MR) is 57.6 cm³/mol. The lowest BCUT2D eigenvalue weighted by molar-refractivity contribution is 0.601. The molecule has 4 nitrogen and oxygen atoms in total. The first-order valence-electron chi connectivity index (χ1n) is 4.70. The van der Waals surface area contributed by atoms with E-state index in [9.17, 15) is 0 Å². The van der Waals surface area contributed by atoms with Crippen molar-refractivity contribution in [2.75, 3.05) is 0 Å². The summed E-state index contributed by atoms with van der Waals surface area (Å²) < 4.78 is 0. The molecule has 1 aromatic carbocycles. The second kappa shape index (κ2) is 4.63. The Balaban J connectivity index is 2.34. The zero-order valence-corrected chi connectivity index (χ0v) is 8.17. The number of nitrogens with zero attached hydrogens (tertiary/aromatic N) is 2. The van der Waals surface area contributed by atoms with E-state index in [1.807, 2.05) is 30.3 Å². The number of aromatic nitrogens is 2. The molecule has 0 spiro atoms. The van der Waals surface area contributed by atoms with E-state index in [2.05, 4.69) is 15.4 Å². The maximum absolute atomic E-state index is 5.51. The van der Waals surface area contributed by atoms with Crippen LogP contribution in [-0.2, 0) is 0 Å². The minimum Gasteiger partial charge on any atom is -0.270 e. The van der Waals surface area contributed by atoms with Gasteiger partial charge in [0.2, 0.25) is 0 Å². The van der Waals surface area contributed by atoms with Gasteiger partial charge in [-0.05, 0) is 11.6 Å². The summed E-state index contributed by atoms with van der Waals surface area (Å²) in [6, 6.07) is 11.5. The van der Waals surface area contributed by atoms with Crippen LogP contribution in [0.2, 0.25) is 0 Å². The van der Waals surface area contributed by atoms with Gasteiger partial charge in [-0.3, -0.25) is 5.84 Å². The van der Waals surface area contributed by atoms with Gasteiger partial charge in [-0.1, -0.05) is 30.3 Å². The summed E-state index contributed by atoms with van der Waals surface area (Å²) in [5.41, 5.74) is 3.76. The summed E-state index contributed by atoms with van der Waals surface area (Å²) in [5.74, 6) is 6.18. The third kappa shape index (κ3) is 2.18. The molecule has 1 aromatic heterocycles. The highest BCUT2D eigenvalue weighted by Crippen LogP contribution is 2.16. The molecule has 1 unspecified atom stereocenters. The molecular weight excluding hydrogens is 188 g/mol. The van der Waals surface area contributed by atoms with Gasteiger partial charge < -0.3 is 0 Å². The van der Waals surface area contributed by atoms with Gasteiger partial charge in [0.15, 0.2) is 5.82 Å². The van der Waals surface area contributed by atoms with E-state index >= 15 is 0 Å². The first-order chi connectivity index (χ1) is 7.42. The summed E-state index contributed by atoms with van der Waals surface area (Å²) in [4.78, 5) is 8.35. The lowest BCUT2D eigenvalue weighted by Gasteiger charge is -2.13. The molecule has 0 fully saturated rings. The van der Waals surface area contributed by atoms with Crippen molar-refractivity contribution >= 4 is 0 Å². The fourth-order valence-corrected chi connectivity index (χ4v) is 1.43. The lowest BCUT2D eigenvalue weighted by Crippen LogP contribution is -2.30. The second-order valence-electron chi connectivity index (χ2n) is 3.12. The maximum Gasteiger partial charge on any atom is 0.150 e. The average molecular weight is 200 g/mol. The van der Waals surface area contributed by atoms with Gasteiger partial charge in [0.1, 0.15) is 6.04 Å². The van der Waals surface area contributed by atoms with Gasteiger partial charge in [-0.2, -0.15) is 0 Å². The van der Waals surface area contributed by atoms with E-state index in [0.717, 1.165) is 5.56 Å². The topological polar surface area (TPSA) is 63.8 Å². The Morgan fingerprint density at radius 1 is 1.00 bits per heavy atom. The van der Waals surface area contributed by atoms with Crippen LogP contribution >= 0.6 is 0 Å². The Bertz CT molecular complexity index is 362. The molecule has 0 saturated heterocycles. The van der Waals surface area contributed by atoms with Gasteiger partial charge in [0, 0.05) is 12.4 Å². The minimum absolute atomic E-state index is 0.160.